The monoisotopic (exact) mass is 1050 g/mol. The van der Waals surface area contributed by atoms with E-state index in [1.807, 2.05) is 126 Å². The Morgan fingerprint density at radius 1 is 0.636 bits per heavy atom. The first-order chi connectivity index (χ1) is 36.6. The topological polar surface area (TPSA) is 201 Å². The Labute approximate surface area is 455 Å². The van der Waals surface area contributed by atoms with Crippen molar-refractivity contribution >= 4 is 41.4 Å². The summed E-state index contributed by atoms with van der Waals surface area (Å²) in [7, 11) is 3.36. The molecule has 0 spiro atoms. The number of aryl methyl sites for hydroxylation is 1. The van der Waals surface area contributed by atoms with Gasteiger partial charge in [-0.05, 0) is 116 Å². The van der Waals surface area contributed by atoms with E-state index in [1.54, 1.807) is 49.9 Å². The third-order valence-corrected chi connectivity index (χ3v) is 15.6. The van der Waals surface area contributed by atoms with Crippen LogP contribution in [-0.4, -0.2) is 126 Å². The normalized spacial score (nSPS) is 19.8. The van der Waals surface area contributed by atoms with Crippen molar-refractivity contribution < 1.29 is 33.6 Å². The van der Waals surface area contributed by atoms with Gasteiger partial charge in [0, 0.05) is 44.2 Å². The Balaban J connectivity index is 1.12. The molecule has 4 aromatic carbocycles. The maximum absolute atomic E-state index is 15.3. The number of hydrogen-bond donors (Lipinski definition) is 6. The van der Waals surface area contributed by atoms with E-state index in [4.69, 9.17) is 0 Å². The van der Waals surface area contributed by atoms with Gasteiger partial charge in [0.1, 0.15) is 24.2 Å². The molecule has 1 fully saturated rings. The molecule has 412 valence electrons. The molecule has 0 aromatic heterocycles. The Bertz CT molecular complexity index is 2750. The van der Waals surface area contributed by atoms with Crippen molar-refractivity contribution in [3.8, 4) is 0 Å². The van der Waals surface area contributed by atoms with Crippen molar-refractivity contribution in [1.29, 1.82) is 0 Å². The van der Waals surface area contributed by atoms with Gasteiger partial charge in [0.2, 0.25) is 35.4 Å². The summed E-state index contributed by atoms with van der Waals surface area (Å²) in [6.07, 6.45) is 3.59. The fourth-order valence-corrected chi connectivity index (χ4v) is 10.6. The molecule has 1 saturated heterocycles. The summed E-state index contributed by atoms with van der Waals surface area (Å²) >= 11 is 0. The van der Waals surface area contributed by atoms with Gasteiger partial charge >= 0.3 is 0 Å². The van der Waals surface area contributed by atoms with E-state index in [0.717, 1.165) is 47.1 Å². The summed E-state index contributed by atoms with van der Waals surface area (Å²) in [5.74, 6) is -2.35. The Kier molecular flexibility index (Phi) is 18.8. The maximum atomic E-state index is 15.3. The van der Waals surface area contributed by atoms with Crippen molar-refractivity contribution in [3.05, 3.63) is 142 Å². The third kappa shape index (κ3) is 14.2. The second kappa shape index (κ2) is 25.0. The first-order valence-electron chi connectivity index (χ1n) is 27.3. The number of nitrogens with zero attached hydrogens (tertiary/aromatic N) is 3. The first-order valence-corrected chi connectivity index (χ1v) is 27.3. The molecule has 2 heterocycles. The van der Waals surface area contributed by atoms with Gasteiger partial charge < -0.3 is 46.6 Å². The zero-order valence-electron chi connectivity index (χ0n) is 46.7. The van der Waals surface area contributed by atoms with Crippen LogP contribution in [0.5, 0.6) is 0 Å². The van der Waals surface area contributed by atoms with Crippen molar-refractivity contribution in [2.75, 3.05) is 27.2 Å². The van der Waals surface area contributed by atoms with Crippen LogP contribution >= 0.6 is 0 Å². The van der Waals surface area contributed by atoms with Gasteiger partial charge in [0.25, 0.3) is 5.91 Å². The summed E-state index contributed by atoms with van der Waals surface area (Å²) in [6, 6.07) is 27.2. The fraction of sp³-hybridized carbons (Fsp3) is 0.492. The van der Waals surface area contributed by atoms with Crippen molar-refractivity contribution in [1.82, 2.24) is 46.6 Å². The molecule has 7 amide bonds. The molecule has 16 heteroatoms. The van der Waals surface area contributed by atoms with Gasteiger partial charge in [0.15, 0.2) is 0 Å². The van der Waals surface area contributed by atoms with Crippen molar-refractivity contribution in [2.24, 2.45) is 10.8 Å². The lowest BCUT2D eigenvalue weighted by Crippen LogP contribution is -2.62. The average molecular weight is 1050 g/mol. The van der Waals surface area contributed by atoms with Gasteiger partial charge in [-0.1, -0.05) is 133 Å². The molecule has 5 unspecified atom stereocenters. The zero-order chi connectivity index (χ0) is 55.8. The second-order valence-electron chi connectivity index (χ2n) is 23.3. The lowest BCUT2D eigenvalue weighted by Gasteiger charge is -2.42. The number of fused-ring (bicyclic) bond motifs is 2. The van der Waals surface area contributed by atoms with Crippen LogP contribution < -0.4 is 31.9 Å². The third-order valence-electron chi connectivity index (χ3n) is 15.6. The number of hydrogen-bond acceptors (Lipinski definition) is 9. The van der Waals surface area contributed by atoms with Gasteiger partial charge in [0.05, 0.1) is 18.1 Å². The summed E-state index contributed by atoms with van der Waals surface area (Å²) in [4.78, 5) is 105. The molecule has 1 aliphatic carbocycles. The number of likely N-dealkylation sites (N-methyl/N-ethyl adjacent to an activating group) is 2. The highest BCUT2D eigenvalue weighted by Crippen LogP contribution is 2.33. The van der Waals surface area contributed by atoms with E-state index in [9.17, 15) is 28.8 Å². The lowest BCUT2D eigenvalue weighted by molar-refractivity contribution is -0.151. The predicted molar refractivity (Wildman–Crippen MR) is 298 cm³/mol. The van der Waals surface area contributed by atoms with E-state index in [2.05, 4.69) is 38.0 Å². The largest absolute Gasteiger partial charge is 0.347 e. The van der Waals surface area contributed by atoms with Crippen LogP contribution in [0, 0.1) is 10.8 Å². The molecule has 16 nitrogen and oxygen atoms in total. The van der Waals surface area contributed by atoms with Gasteiger partial charge in [-0.2, -0.15) is 0 Å². The molecular weight excluding hydrogens is 971 g/mol. The molecular formula is C61H81N9O7. The SMILES string of the molecule is CNC(C)C(=O)NC(C(=O)N1Cc2ccccc2CC1C(=O)N(CCc1ccccc1)Cc1ccc(C(=O)N[C@H]2C[C@@H](C(=O)N[C@@H]3CCCc4ccccc43)N(C(=O)C(NC(=O)C(C)NC)C(C)(C)C)C2)cc1)C(C)(C)C. The number of carbonyl (C=O) groups is 7. The summed E-state index contributed by atoms with van der Waals surface area (Å²) in [6.45, 7) is 15.5. The molecule has 6 N–H and O–H groups in total. The minimum absolute atomic E-state index is 0.0492. The van der Waals surface area contributed by atoms with E-state index < -0.39 is 64.9 Å². The second-order valence-corrected chi connectivity index (χ2v) is 23.3. The molecule has 8 atom stereocenters. The van der Waals surface area contributed by atoms with E-state index in [-0.39, 0.29) is 61.6 Å². The standard InChI is InChI=1S/C61H81N9O7/c1-38(62-9)53(71)66-51(60(3,4)5)58(76)69-36-45-23-15-14-22-44(45)33-50(69)57(75)68(32-31-40-19-12-11-13-20-40)35-41-27-29-43(30-28-41)55(73)64-46-34-49(56(74)65-48-26-18-24-42-21-16-17-25-47(42)48)70(37-46)59(77)52(61(6,7)8)67-54(72)39(2)63-10/h11-17,19-23,25,27-30,38-39,46,48-52,62-63H,18,24,26,31-37H2,1-10H3,(H,64,73)(H,65,74)(H,66,71)(H,67,72)/t38?,39?,46-,48+,49-,50?,51?,52?/m0/s1. The highest BCUT2D eigenvalue weighted by atomic mass is 16.2. The van der Waals surface area contributed by atoms with Crippen LogP contribution in [0.1, 0.15) is 124 Å². The highest BCUT2D eigenvalue weighted by Gasteiger charge is 2.47. The van der Waals surface area contributed by atoms with Gasteiger partial charge in [-0.3, -0.25) is 33.6 Å². The van der Waals surface area contributed by atoms with Gasteiger partial charge in [-0.25, -0.2) is 0 Å². The molecule has 4 aromatic rings. The quantitative estimate of drug-likeness (QED) is 0.0757. The minimum atomic E-state index is -0.963. The van der Waals surface area contributed by atoms with E-state index in [1.165, 1.54) is 10.5 Å². The minimum Gasteiger partial charge on any atom is -0.347 e. The van der Waals surface area contributed by atoms with E-state index >= 15 is 4.79 Å². The fourth-order valence-electron chi connectivity index (χ4n) is 10.6. The number of carbonyl (C=O) groups excluding carboxylic acids is 7. The number of likely N-dealkylation sites (tertiary alicyclic amines) is 1. The first kappa shape index (κ1) is 57.8. The van der Waals surface area contributed by atoms with Crippen LogP contribution in [0.15, 0.2) is 103 Å². The smallest absolute Gasteiger partial charge is 0.251 e. The van der Waals surface area contributed by atoms with Crippen LogP contribution in [0.4, 0.5) is 0 Å². The van der Waals surface area contributed by atoms with Crippen molar-refractivity contribution in [2.45, 2.75) is 155 Å². The maximum Gasteiger partial charge on any atom is 0.251 e. The summed E-state index contributed by atoms with van der Waals surface area (Å²) < 4.78 is 0. The lowest BCUT2D eigenvalue weighted by atomic mass is 9.84. The van der Waals surface area contributed by atoms with Crippen molar-refractivity contribution in [3.63, 3.8) is 0 Å². The molecule has 7 rings (SSSR count). The van der Waals surface area contributed by atoms with Crippen LogP contribution in [-0.2, 0) is 61.1 Å². The molecule has 2 aliphatic heterocycles. The Morgan fingerprint density at radius 3 is 1.79 bits per heavy atom. The highest BCUT2D eigenvalue weighted by molar-refractivity contribution is 5.97. The number of benzene rings is 4. The Hall–Kier alpha value is -6.91. The Morgan fingerprint density at radius 2 is 1.19 bits per heavy atom. The van der Waals surface area contributed by atoms with Crippen LogP contribution in [0.2, 0.25) is 0 Å². The summed E-state index contributed by atoms with van der Waals surface area (Å²) in [5, 5.41) is 18.2. The number of amides is 7. The van der Waals surface area contributed by atoms with Crippen LogP contribution in [0.25, 0.3) is 0 Å². The molecule has 3 aliphatic rings. The summed E-state index contributed by atoms with van der Waals surface area (Å²) in [5.41, 5.74) is 4.92. The van der Waals surface area contributed by atoms with Crippen LogP contribution in [0.3, 0.4) is 0 Å². The molecule has 77 heavy (non-hydrogen) atoms. The predicted octanol–water partition coefficient (Wildman–Crippen LogP) is 5.38. The van der Waals surface area contributed by atoms with E-state index in [0.29, 0.717) is 24.9 Å². The molecule has 0 saturated carbocycles. The number of nitrogens with one attached hydrogen (secondary N) is 6. The van der Waals surface area contributed by atoms with Gasteiger partial charge in [-0.15, -0.1) is 0 Å². The number of rotatable bonds is 18. The average Bonchev–Trinajstić information content (AvgIpc) is 3.86. The zero-order valence-corrected chi connectivity index (χ0v) is 46.7. The molecule has 0 bridgehead atoms. The molecule has 0 radical (unpaired) electrons.